The van der Waals surface area contributed by atoms with E-state index in [-0.39, 0.29) is 11.5 Å². The molecule has 4 rings (SSSR count). The van der Waals surface area contributed by atoms with Crippen LogP contribution in [0.3, 0.4) is 0 Å². The number of methoxy groups -OCH3 is 1. The van der Waals surface area contributed by atoms with Crippen molar-refractivity contribution in [1.29, 1.82) is 0 Å². The molecule has 30 heavy (non-hydrogen) atoms. The van der Waals surface area contributed by atoms with Crippen LogP contribution in [0.25, 0.3) is 27.9 Å². The molecular weight excluding hydrogens is 380 g/mol. The first-order valence-electron chi connectivity index (χ1n) is 10.0. The number of H-pyrrole nitrogens is 1. The maximum Gasteiger partial charge on any atom is 0.274 e. The number of fused-ring (bicyclic) bond motifs is 3. The van der Waals surface area contributed by atoms with Gasteiger partial charge in [0, 0.05) is 31.3 Å². The van der Waals surface area contributed by atoms with Gasteiger partial charge in [0.1, 0.15) is 11.3 Å². The van der Waals surface area contributed by atoms with Crippen LogP contribution >= 0.6 is 0 Å². The van der Waals surface area contributed by atoms with E-state index in [0.29, 0.717) is 42.1 Å². The third kappa shape index (κ3) is 3.59. The molecule has 0 saturated carbocycles. The summed E-state index contributed by atoms with van der Waals surface area (Å²) in [5, 5.41) is 0. The lowest BCUT2D eigenvalue weighted by Crippen LogP contribution is -2.34. The number of nitrogens with zero attached hydrogens (tertiary/aromatic N) is 3. The number of hydrogen-bond acceptors (Lipinski definition) is 4. The average molecular weight is 404 g/mol. The lowest BCUT2D eigenvalue weighted by atomic mass is 10.1. The molecule has 0 spiro atoms. The van der Waals surface area contributed by atoms with Crippen molar-refractivity contribution < 1.29 is 9.53 Å². The Morgan fingerprint density at radius 2 is 1.93 bits per heavy atom. The van der Waals surface area contributed by atoms with Crippen LogP contribution < -0.4 is 5.56 Å². The number of carbonyl (C=O) groups excluding carboxylic acids is 1. The highest BCUT2D eigenvalue weighted by Gasteiger charge is 2.18. The number of hydrogen-bond donors (Lipinski definition) is 1. The fourth-order valence-corrected chi connectivity index (χ4v) is 3.66. The Morgan fingerprint density at radius 3 is 2.67 bits per heavy atom. The van der Waals surface area contributed by atoms with Crippen molar-refractivity contribution in [1.82, 2.24) is 19.3 Å². The number of carbonyl (C=O) groups is 1. The Morgan fingerprint density at radius 1 is 1.13 bits per heavy atom. The number of ether oxygens (including phenoxy) is 1. The van der Waals surface area contributed by atoms with Crippen LogP contribution in [0, 0.1) is 0 Å². The number of amides is 1. The first-order chi connectivity index (χ1) is 14.6. The van der Waals surface area contributed by atoms with Gasteiger partial charge in [-0.15, -0.1) is 0 Å². The van der Waals surface area contributed by atoms with Crippen LogP contribution in [-0.2, 0) is 4.74 Å². The summed E-state index contributed by atoms with van der Waals surface area (Å²) < 4.78 is 6.97. The highest BCUT2D eigenvalue weighted by atomic mass is 16.5. The minimum atomic E-state index is -0.219. The number of benzene rings is 2. The molecule has 0 atom stereocenters. The van der Waals surface area contributed by atoms with E-state index in [0.717, 1.165) is 17.5 Å². The van der Waals surface area contributed by atoms with Gasteiger partial charge in [-0.2, -0.15) is 0 Å². The Bertz CT molecular complexity index is 1240. The molecular formula is C23H24N4O3. The highest BCUT2D eigenvalue weighted by Crippen LogP contribution is 2.23. The van der Waals surface area contributed by atoms with E-state index in [4.69, 9.17) is 4.74 Å². The number of imidazole rings is 1. The second-order valence-corrected chi connectivity index (χ2v) is 7.14. The predicted octanol–water partition coefficient (Wildman–Crippen LogP) is 3.34. The smallest absolute Gasteiger partial charge is 0.274 e. The second-order valence-electron chi connectivity index (χ2n) is 7.14. The summed E-state index contributed by atoms with van der Waals surface area (Å²) in [6.07, 6.45) is 2.43. The van der Waals surface area contributed by atoms with Crippen LogP contribution in [-0.4, -0.2) is 52.0 Å². The fourth-order valence-electron chi connectivity index (χ4n) is 3.66. The van der Waals surface area contributed by atoms with Crippen molar-refractivity contribution in [3.8, 4) is 11.4 Å². The summed E-state index contributed by atoms with van der Waals surface area (Å²) in [5.41, 5.74) is 3.06. The van der Waals surface area contributed by atoms with Crippen LogP contribution in [0.2, 0.25) is 0 Å². The van der Waals surface area contributed by atoms with Gasteiger partial charge < -0.3 is 14.6 Å². The molecule has 0 fully saturated rings. The zero-order chi connectivity index (χ0) is 21.1. The van der Waals surface area contributed by atoms with E-state index in [9.17, 15) is 9.59 Å². The minimum Gasteiger partial charge on any atom is -0.383 e. The molecule has 7 nitrogen and oxygen atoms in total. The first-order valence-corrected chi connectivity index (χ1v) is 10.0. The summed E-state index contributed by atoms with van der Waals surface area (Å²) in [4.78, 5) is 34.9. The topological polar surface area (TPSA) is 79.7 Å². The van der Waals surface area contributed by atoms with E-state index in [1.807, 2.05) is 47.7 Å². The monoisotopic (exact) mass is 404 g/mol. The molecule has 2 aromatic carbocycles. The fraction of sp³-hybridized carbons (Fsp3) is 0.261. The Hall–Kier alpha value is -3.45. The van der Waals surface area contributed by atoms with Crippen LogP contribution in [0.15, 0.2) is 59.5 Å². The molecule has 0 radical (unpaired) electrons. The maximum atomic E-state index is 13.2. The number of aromatic amines is 1. The van der Waals surface area contributed by atoms with Crippen molar-refractivity contribution in [2.24, 2.45) is 0 Å². The molecule has 2 aromatic heterocycles. The maximum absolute atomic E-state index is 13.2. The quantitative estimate of drug-likeness (QED) is 0.512. The molecule has 1 amide bonds. The van der Waals surface area contributed by atoms with Crippen LogP contribution in [0.4, 0.5) is 0 Å². The Labute approximate surface area is 173 Å². The summed E-state index contributed by atoms with van der Waals surface area (Å²) in [6, 6.07) is 15.0. The van der Waals surface area contributed by atoms with Crippen molar-refractivity contribution in [3.05, 3.63) is 70.6 Å². The molecule has 4 aromatic rings. The number of aromatic nitrogens is 3. The van der Waals surface area contributed by atoms with E-state index < -0.39 is 0 Å². The van der Waals surface area contributed by atoms with E-state index in [2.05, 4.69) is 9.97 Å². The van der Waals surface area contributed by atoms with Gasteiger partial charge in [-0.1, -0.05) is 37.3 Å². The first kappa shape index (κ1) is 19.8. The van der Waals surface area contributed by atoms with Gasteiger partial charge in [0.15, 0.2) is 0 Å². The number of nitrogens with one attached hydrogen (secondary N) is 1. The molecule has 7 heteroatoms. The third-order valence-electron chi connectivity index (χ3n) is 5.11. The standard InChI is InChI=1S/C23H24N4O3/c1-3-11-26(12-13-30-2)23(29)17-9-10-18-19(14-17)27-20(22(28)25-18)15-24-21(27)16-7-5-4-6-8-16/h4-10,14-15H,3,11-13H2,1-2H3,(H,25,28). The van der Waals surface area contributed by atoms with Gasteiger partial charge >= 0.3 is 0 Å². The molecule has 2 heterocycles. The summed E-state index contributed by atoms with van der Waals surface area (Å²) >= 11 is 0. The lowest BCUT2D eigenvalue weighted by molar-refractivity contribution is 0.0696. The van der Waals surface area contributed by atoms with Gasteiger partial charge in [0.25, 0.3) is 11.5 Å². The van der Waals surface area contributed by atoms with Gasteiger partial charge in [-0.3, -0.25) is 14.0 Å². The largest absolute Gasteiger partial charge is 0.383 e. The molecule has 0 unspecified atom stereocenters. The minimum absolute atomic E-state index is 0.0588. The SMILES string of the molecule is CCCN(CCOC)C(=O)c1ccc2[nH]c(=O)c3cnc(-c4ccccc4)n3c2c1. The van der Waals surface area contributed by atoms with Crippen molar-refractivity contribution >= 4 is 22.5 Å². The van der Waals surface area contributed by atoms with Crippen molar-refractivity contribution in [3.63, 3.8) is 0 Å². The molecule has 0 aliphatic heterocycles. The average Bonchev–Trinajstić information content (AvgIpc) is 3.23. The van der Waals surface area contributed by atoms with Gasteiger partial charge in [-0.05, 0) is 24.6 Å². The molecule has 154 valence electrons. The molecule has 0 aliphatic rings. The Balaban J connectivity index is 1.88. The molecule has 0 bridgehead atoms. The highest BCUT2D eigenvalue weighted by molar-refractivity contribution is 5.98. The summed E-state index contributed by atoms with van der Waals surface area (Å²) in [5.74, 6) is 0.604. The zero-order valence-corrected chi connectivity index (χ0v) is 17.1. The molecule has 1 N–H and O–H groups in total. The van der Waals surface area contributed by atoms with Gasteiger partial charge in [0.05, 0.1) is 23.8 Å². The lowest BCUT2D eigenvalue weighted by Gasteiger charge is -2.22. The summed E-state index contributed by atoms with van der Waals surface area (Å²) in [6.45, 7) is 3.71. The van der Waals surface area contributed by atoms with E-state index in [1.165, 1.54) is 0 Å². The van der Waals surface area contributed by atoms with Crippen molar-refractivity contribution in [2.45, 2.75) is 13.3 Å². The Kier molecular flexibility index (Phi) is 5.63. The summed E-state index contributed by atoms with van der Waals surface area (Å²) in [7, 11) is 1.63. The molecule has 0 saturated heterocycles. The van der Waals surface area contributed by atoms with E-state index in [1.54, 1.807) is 30.3 Å². The predicted molar refractivity (Wildman–Crippen MR) is 117 cm³/mol. The molecule has 0 aliphatic carbocycles. The van der Waals surface area contributed by atoms with E-state index >= 15 is 0 Å². The van der Waals surface area contributed by atoms with Gasteiger partial charge in [-0.25, -0.2) is 4.98 Å². The zero-order valence-electron chi connectivity index (χ0n) is 17.1. The van der Waals surface area contributed by atoms with Crippen molar-refractivity contribution in [2.75, 3.05) is 26.8 Å². The van der Waals surface area contributed by atoms with Crippen LogP contribution in [0.1, 0.15) is 23.7 Å². The third-order valence-corrected chi connectivity index (χ3v) is 5.11. The normalized spacial score (nSPS) is 11.3. The second kappa shape index (κ2) is 8.51. The number of rotatable bonds is 7. The van der Waals surface area contributed by atoms with Crippen LogP contribution in [0.5, 0.6) is 0 Å². The van der Waals surface area contributed by atoms with Gasteiger partial charge in [0.2, 0.25) is 0 Å².